The fourth-order valence-corrected chi connectivity index (χ4v) is 4.14. The lowest BCUT2D eigenvalue weighted by molar-refractivity contribution is -0.385. The summed E-state index contributed by atoms with van der Waals surface area (Å²) in [6.45, 7) is 6.93. The summed E-state index contributed by atoms with van der Waals surface area (Å²) < 4.78 is 49.4. The molecule has 14 heteroatoms. The maximum absolute atomic E-state index is 13.2. The van der Waals surface area contributed by atoms with Gasteiger partial charge in [0.2, 0.25) is 0 Å². The first-order chi connectivity index (χ1) is 16.1. The third kappa shape index (κ3) is 6.87. The van der Waals surface area contributed by atoms with E-state index >= 15 is 0 Å². The summed E-state index contributed by atoms with van der Waals surface area (Å²) in [6.07, 6.45) is 1.44. The molecule has 0 fully saturated rings. The zero-order chi connectivity index (χ0) is 27.1. The van der Waals surface area contributed by atoms with Gasteiger partial charge in [0, 0.05) is 24.9 Å². The fourth-order valence-electron chi connectivity index (χ4n) is 3.72. The highest BCUT2D eigenvalue weighted by Gasteiger charge is 2.50. The molecule has 1 heterocycles. The van der Waals surface area contributed by atoms with Crippen LogP contribution in [-0.2, 0) is 37.1 Å². The van der Waals surface area contributed by atoms with Crippen molar-refractivity contribution in [3.63, 3.8) is 0 Å². The second kappa shape index (κ2) is 11.9. The van der Waals surface area contributed by atoms with E-state index in [1.807, 2.05) is 0 Å². The highest BCUT2D eigenvalue weighted by atomic mass is 32.1. The van der Waals surface area contributed by atoms with Crippen LogP contribution in [0.3, 0.4) is 0 Å². The van der Waals surface area contributed by atoms with Gasteiger partial charge in [-0.25, -0.2) is 9.59 Å². The number of hydrogen-bond donors (Lipinski definition) is 0. The molecule has 35 heavy (non-hydrogen) atoms. The van der Waals surface area contributed by atoms with Crippen LogP contribution in [0.4, 0.5) is 23.0 Å². The summed E-state index contributed by atoms with van der Waals surface area (Å²) in [7, 11) is -3.03. The summed E-state index contributed by atoms with van der Waals surface area (Å²) >= 11 is 3.47. The minimum Gasteiger partial charge on any atom is -0.466 e. The Bertz CT molecular complexity index is 1070. The highest BCUT2D eigenvalue weighted by Crippen LogP contribution is 2.48. The highest BCUT2D eigenvalue weighted by molar-refractivity contribution is 7.58. The van der Waals surface area contributed by atoms with Crippen molar-refractivity contribution in [3.05, 3.63) is 75.1 Å². The van der Waals surface area contributed by atoms with Crippen LogP contribution in [0.5, 0.6) is 0 Å². The Morgan fingerprint density at radius 3 is 2.29 bits per heavy atom. The number of rotatable bonds is 7. The molecule has 1 aliphatic heterocycles. The molecule has 0 amide bonds. The number of halogens is 4. The number of nitro benzene ring substituents is 1. The van der Waals surface area contributed by atoms with Gasteiger partial charge in [0.15, 0.2) is 0 Å². The molecule has 2 rings (SSSR count). The maximum Gasteiger partial charge on any atom is 0.673 e. The second-order valence-electron chi connectivity index (χ2n) is 7.32. The van der Waals surface area contributed by atoms with E-state index < -0.39 is 29.5 Å². The maximum atomic E-state index is 13.2. The molecule has 0 aromatic heterocycles. The summed E-state index contributed by atoms with van der Waals surface area (Å²) in [5.74, 6) is -1.01. The number of nitro groups is 1. The minimum atomic E-state index is -6.00. The van der Waals surface area contributed by atoms with Crippen molar-refractivity contribution < 1.29 is 41.2 Å². The van der Waals surface area contributed by atoms with E-state index in [0.29, 0.717) is 17.0 Å². The second-order valence-corrected chi connectivity index (χ2v) is 7.68. The number of methoxy groups -OCH3 is 1. The van der Waals surface area contributed by atoms with Gasteiger partial charge in [-0.15, -0.1) is 0 Å². The van der Waals surface area contributed by atoms with E-state index in [-0.39, 0.29) is 29.2 Å². The van der Waals surface area contributed by atoms with Crippen molar-refractivity contribution in [2.24, 2.45) is 0 Å². The normalized spacial score (nSPS) is 17.9. The monoisotopic (exact) mass is 520 g/mol. The Labute approximate surface area is 204 Å². The number of allylic oxidation sites excluding steroid dienone is 1. The molecule has 0 saturated carbocycles. The Morgan fingerprint density at radius 2 is 1.83 bits per heavy atom. The van der Waals surface area contributed by atoms with Crippen LogP contribution >= 0.6 is 0 Å². The van der Waals surface area contributed by atoms with E-state index in [2.05, 4.69) is 19.2 Å². The van der Waals surface area contributed by atoms with Crippen molar-refractivity contribution in [2.75, 3.05) is 26.5 Å². The third-order valence-corrected chi connectivity index (χ3v) is 5.62. The molecular weight excluding hydrogens is 495 g/mol. The number of ether oxygens (including phenoxy) is 2. The van der Waals surface area contributed by atoms with Crippen LogP contribution in [0.2, 0.25) is 0 Å². The number of benzene rings is 1. The van der Waals surface area contributed by atoms with Crippen LogP contribution in [0.25, 0.3) is 0 Å². The molecule has 1 unspecified atom stereocenters. The molecule has 192 valence electrons. The average Bonchev–Trinajstić information content (AvgIpc) is 2.78. The molecule has 1 aromatic rings. The summed E-state index contributed by atoms with van der Waals surface area (Å²) in [5, 5.41) is 11.4. The van der Waals surface area contributed by atoms with Gasteiger partial charge in [0.25, 0.3) is 5.69 Å². The van der Waals surface area contributed by atoms with E-state index in [9.17, 15) is 37.0 Å². The number of hydrogen-bond acceptors (Lipinski definition) is 7. The van der Waals surface area contributed by atoms with E-state index in [1.165, 1.54) is 31.4 Å². The van der Waals surface area contributed by atoms with Gasteiger partial charge in [0.1, 0.15) is 12.4 Å². The van der Waals surface area contributed by atoms with E-state index in [1.54, 1.807) is 31.9 Å². The average molecular weight is 520 g/mol. The molecule has 0 N–H and O–H groups in total. The van der Waals surface area contributed by atoms with Gasteiger partial charge < -0.3 is 31.6 Å². The fraction of sp³-hybridized carbons (Fsp3) is 0.333. The molecule has 8 nitrogen and oxygen atoms in total. The molecule has 0 spiro atoms. The smallest absolute Gasteiger partial charge is 0.466 e. The topological polar surface area (TPSA) is 99.0 Å². The molecule has 1 atom stereocenters. The van der Waals surface area contributed by atoms with Gasteiger partial charge >= 0.3 is 19.2 Å². The summed E-state index contributed by atoms with van der Waals surface area (Å²) in [5.41, 5.74) is 0.400. The van der Waals surface area contributed by atoms with Crippen LogP contribution in [-0.4, -0.2) is 55.5 Å². The number of nitrogens with zero attached hydrogens (tertiary/aromatic N) is 2. The van der Waals surface area contributed by atoms with Gasteiger partial charge in [-0.3, -0.25) is 10.1 Å². The molecule has 1 aromatic carbocycles. The van der Waals surface area contributed by atoms with Crippen LogP contribution in [0.15, 0.2) is 59.5 Å². The predicted octanol–water partition coefficient (Wildman–Crippen LogP) is 3.54. The van der Waals surface area contributed by atoms with Gasteiger partial charge in [0.05, 0.1) is 34.3 Å². The van der Waals surface area contributed by atoms with Gasteiger partial charge in [-0.1, -0.05) is 24.8 Å². The Morgan fingerprint density at radius 1 is 1.26 bits per heavy atom. The zero-order valence-electron chi connectivity index (χ0n) is 19.4. The lowest BCUT2D eigenvalue weighted by Gasteiger charge is -2.42. The Kier molecular flexibility index (Phi) is 10.1. The van der Waals surface area contributed by atoms with Gasteiger partial charge in [-0.05, 0) is 32.0 Å². The van der Waals surface area contributed by atoms with Crippen LogP contribution in [0.1, 0.15) is 19.4 Å². The van der Waals surface area contributed by atoms with Crippen molar-refractivity contribution in [1.29, 1.82) is 0 Å². The lowest BCUT2D eigenvalue weighted by Crippen LogP contribution is -2.45. The number of carbonyl (C=O) groups excluding carboxylic acids is 2. The molecule has 0 aliphatic carbocycles. The first kappa shape index (κ1) is 29.7. The Hall–Kier alpha value is -3.29. The molecule has 1 aliphatic rings. The lowest BCUT2D eigenvalue weighted by atomic mass is 9.66. The molecule has 0 bridgehead atoms. The van der Waals surface area contributed by atoms with Crippen molar-refractivity contribution in [1.82, 2.24) is 4.90 Å². The van der Waals surface area contributed by atoms with E-state index in [4.69, 9.17) is 9.47 Å². The quantitative estimate of drug-likeness (QED) is 0.103. The molecular formula is C21H25BF4N2O6S. The summed E-state index contributed by atoms with van der Waals surface area (Å²) in [6, 6.07) is 5.86. The van der Waals surface area contributed by atoms with Crippen LogP contribution < -0.4 is 0 Å². The predicted molar refractivity (Wildman–Crippen MR) is 126 cm³/mol. The largest absolute Gasteiger partial charge is 0.673 e. The molecule has 0 radical (unpaired) electrons. The Balaban J connectivity index is 0.00000111. The standard InChI is InChI=1S/C21H24N2O6S.BF4/c1-6-10-29-20(25)18-16(12-30)22(4)13(2)17(19(24)28-5)21(18,3)14-8-7-9-15(11-14)23(26)27;2-1(3,4)5/h6-9,11,30H,1,10,12H2,2-5H3;/q;-1/p+1. The SMILES string of the molecule is C=CCOC(=O)C1=C(C[SH2+])N(C)C(C)=C(C(=O)OC)C1(C)c1cccc([N+](=O)[O-])c1.F[B-](F)(F)F. The summed E-state index contributed by atoms with van der Waals surface area (Å²) in [4.78, 5) is 38.6. The van der Waals surface area contributed by atoms with Crippen molar-refractivity contribution in [3.8, 4) is 0 Å². The third-order valence-electron chi connectivity index (χ3n) is 5.29. The van der Waals surface area contributed by atoms with E-state index in [0.717, 1.165) is 0 Å². The number of esters is 2. The van der Waals surface area contributed by atoms with Crippen molar-refractivity contribution >= 4 is 37.5 Å². The molecule has 0 saturated heterocycles. The minimum absolute atomic E-state index is 0.0255. The first-order valence-electron chi connectivity index (χ1n) is 9.96. The van der Waals surface area contributed by atoms with Gasteiger partial charge in [-0.2, -0.15) is 0 Å². The number of carbonyl (C=O) groups is 2. The zero-order valence-corrected chi connectivity index (χ0v) is 20.4. The number of non-ortho nitro benzene ring substituents is 1. The first-order valence-corrected chi connectivity index (χ1v) is 10.7. The van der Waals surface area contributed by atoms with Crippen LogP contribution in [0, 0.1) is 10.1 Å². The van der Waals surface area contributed by atoms with Crippen molar-refractivity contribution in [2.45, 2.75) is 19.3 Å².